The van der Waals surface area contributed by atoms with E-state index in [-0.39, 0.29) is 19.2 Å². The number of rotatable bonds is 5. The zero-order valence-corrected chi connectivity index (χ0v) is 11.1. The molecule has 20 heavy (non-hydrogen) atoms. The van der Waals surface area contributed by atoms with Gasteiger partial charge < -0.3 is 14.7 Å². The third-order valence-corrected chi connectivity index (χ3v) is 3.06. The predicted molar refractivity (Wildman–Crippen MR) is 68.8 cm³/mol. The number of phenolic OH excluding ortho intramolecular Hbond substituents is 1. The Morgan fingerprint density at radius 1 is 1.45 bits per heavy atom. The first kappa shape index (κ1) is 14.3. The van der Waals surface area contributed by atoms with Gasteiger partial charge in [-0.2, -0.15) is 0 Å². The molecule has 1 N–H and O–H groups in total. The molecule has 0 unspecified atom stereocenters. The Hall–Kier alpha value is -2.11. The fraction of sp³-hybridized carbons (Fsp3) is 0.429. The van der Waals surface area contributed by atoms with Crippen LogP contribution in [0.1, 0.15) is 30.1 Å². The van der Waals surface area contributed by atoms with E-state index in [1.807, 2.05) is 0 Å². The summed E-state index contributed by atoms with van der Waals surface area (Å²) in [6, 6.07) is 3.56. The van der Waals surface area contributed by atoms with E-state index in [0.717, 1.165) is 18.9 Å². The molecule has 5 nitrogen and oxygen atoms in total. The van der Waals surface area contributed by atoms with Crippen molar-refractivity contribution in [3.05, 3.63) is 29.6 Å². The summed E-state index contributed by atoms with van der Waals surface area (Å²) in [5.41, 5.74) is -0.399. The van der Waals surface area contributed by atoms with Gasteiger partial charge >= 0.3 is 5.97 Å². The lowest BCUT2D eigenvalue weighted by Gasteiger charge is -2.22. The highest BCUT2D eigenvalue weighted by atomic mass is 19.1. The van der Waals surface area contributed by atoms with Gasteiger partial charge in [-0.05, 0) is 31.9 Å². The van der Waals surface area contributed by atoms with Crippen molar-refractivity contribution in [2.24, 2.45) is 0 Å². The van der Waals surface area contributed by atoms with Crippen molar-refractivity contribution in [3.8, 4) is 5.75 Å². The molecule has 6 heteroatoms. The first-order valence-electron chi connectivity index (χ1n) is 6.48. The Bertz CT molecular complexity index is 508. The van der Waals surface area contributed by atoms with E-state index in [9.17, 15) is 19.1 Å². The Balaban J connectivity index is 2.21. The number of nitrogens with zero attached hydrogens (tertiary/aromatic N) is 1. The average molecular weight is 281 g/mol. The smallest absolute Gasteiger partial charge is 0.325 e. The Morgan fingerprint density at radius 3 is 2.70 bits per heavy atom. The van der Waals surface area contributed by atoms with Crippen molar-refractivity contribution in [1.29, 1.82) is 0 Å². The maximum atomic E-state index is 13.7. The van der Waals surface area contributed by atoms with Crippen LogP contribution < -0.4 is 0 Å². The molecular formula is C14H16FNO4. The highest BCUT2D eigenvalue weighted by Gasteiger charge is 2.36. The topological polar surface area (TPSA) is 66.8 Å². The number of hydrogen-bond acceptors (Lipinski definition) is 4. The first-order valence-corrected chi connectivity index (χ1v) is 6.48. The van der Waals surface area contributed by atoms with E-state index in [4.69, 9.17) is 4.74 Å². The predicted octanol–water partition coefficient (Wildman–Crippen LogP) is 1.70. The normalized spacial score (nSPS) is 13.9. The van der Waals surface area contributed by atoms with Crippen LogP contribution in [0.2, 0.25) is 0 Å². The van der Waals surface area contributed by atoms with Gasteiger partial charge in [-0.25, -0.2) is 4.39 Å². The molecule has 108 valence electrons. The molecule has 0 aliphatic heterocycles. The van der Waals surface area contributed by atoms with Gasteiger partial charge in [-0.15, -0.1) is 0 Å². The van der Waals surface area contributed by atoms with Crippen molar-refractivity contribution in [1.82, 2.24) is 4.90 Å². The van der Waals surface area contributed by atoms with E-state index in [1.54, 1.807) is 6.92 Å². The number of esters is 1. The number of halogens is 1. The number of amides is 1. The van der Waals surface area contributed by atoms with Crippen LogP contribution in [0.5, 0.6) is 5.75 Å². The van der Waals surface area contributed by atoms with Crippen LogP contribution in [0, 0.1) is 5.82 Å². The van der Waals surface area contributed by atoms with Gasteiger partial charge in [0.25, 0.3) is 5.91 Å². The second-order valence-corrected chi connectivity index (χ2v) is 4.60. The molecule has 1 aromatic carbocycles. The molecule has 0 atom stereocenters. The molecule has 0 radical (unpaired) electrons. The van der Waals surface area contributed by atoms with Crippen molar-refractivity contribution < 1.29 is 23.8 Å². The van der Waals surface area contributed by atoms with Crippen LogP contribution in [0.25, 0.3) is 0 Å². The second-order valence-electron chi connectivity index (χ2n) is 4.60. The van der Waals surface area contributed by atoms with E-state index in [0.29, 0.717) is 0 Å². The summed E-state index contributed by atoms with van der Waals surface area (Å²) in [7, 11) is 0. The molecule has 0 spiro atoms. The molecule has 1 aliphatic carbocycles. The zero-order valence-electron chi connectivity index (χ0n) is 11.1. The molecule has 2 rings (SSSR count). The Labute approximate surface area is 116 Å². The van der Waals surface area contributed by atoms with Crippen molar-refractivity contribution in [3.63, 3.8) is 0 Å². The van der Waals surface area contributed by atoms with Gasteiger partial charge in [0.05, 0.1) is 6.61 Å². The monoisotopic (exact) mass is 281 g/mol. The van der Waals surface area contributed by atoms with Crippen molar-refractivity contribution >= 4 is 11.9 Å². The summed E-state index contributed by atoms with van der Waals surface area (Å²) in [6.45, 7) is 1.66. The number of hydrogen-bond donors (Lipinski definition) is 1. The summed E-state index contributed by atoms with van der Waals surface area (Å²) in [5, 5.41) is 9.65. The number of carbonyl (C=O) groups excluding carboxylic acids is 2. The second kappa shape index (κ2) is 5.90. The molecule has 1 aromatic rings. The van der Waals surface area contributed by atoms with Crippen LogP contribution >= 0.6 is 0 Å². The molecule has 1 fully saturated rings. The lowest BCUT2D eigenvalue weighted by Crippen LogP contribution is -2.38. The minimum atomic E-state index is -0.801. The molecule has 1 saturated carbocycles. The maximum Gasteiger partial charge on any atom is 0.325 e. The summed E-state index contributed by atoms with van der Waals surface area (Å²) in [6.07, 6.45) is 1.53. The number of ether oxygens (including phenoxy) is 1. The number of aromatic hydroxyl groups is 1. The van der Waals surface area contributed by atoms with Crippen LogP contribution in [0.15, 0.2) is 18.2 Å². The van der Waals surface area contributed by atoms with Crippen LogP contribution in [0.4, 0.5) is 4.39 Å². The van der Waals surface area contributed by atoms with Gasteiger partial charge in [0.1, 0.15) is 23.7 Å². The fourth-order valence-corrected chi connectivity index (χ4v) is 1.97. The van der Waals surface area contributed by atoms with Crippen molar-refractivity contribution in [2.45, 2.75) is 25.8 Å². The van der Waals surface area contributed by atoms with Gasteiger partial charge in [0.15, 0.2) is 0 Å². The van der Waals surface area contributed by atoms with Crippen molar-refractivity contribution in [2.75, 3.05) is 13.2 Å². The summed E-state index contributed by atoms with van der Waals surface area (Å²) >= 11 is 0. The molecule has 0 saturated heterocycles. The van der Waals surface area contributed by atoms with E-state index in [1.165, 1.54) is 17.0 Å². The van der Waals surface area contributed by atoms with Gasteiger partial charge in [-0.3, -0.25) is 9.59 Å². The molecule has 1 aliphatic rings. The third kappa shape index (κ3) is 3.07. The minimum absolute atomic E-state index is 0.0917. The molecule has 1 amide bonds. The Kier molecular flexibility index (Phi) is 4.22. The van der Waals surface area contributed by atoms with Crippen LogP contribution in [-0.2, 0) is 9.53 Å². The van der Waals surface area contributed by atoms with Gasteiger partial charge in [0, 0.05) is 6.04 Å². The van der Waals surface area contributed by atoms with E-state index in [2.05, 4.69) is 0 Å². The maximum absolute atomic E-state index is 13.7. The SMILES string of the molecule is CCOC(=O)CN(C(=O)c1c(O)cccc1F)C1CC1. The van der Waals surface area contributed by atoms with Crippen LogP contribution in [0.3, 0.4) is 0 Å². The summed E-state index contributed by atoms with van der Waals surface area (Å²) in [4.78, 5) is 25.1. The number of carbonyl (C=O) groups is 2. The summed E-state index contributed by atoms with van der Waals surface area (Å²) in [5.74, 6) is -2.45. The molecule has 0 bridgehead atoms. The molecule has 0 aromatic heterocycles. The quantitative estimate of drug-likeness (QED) is 0.834. The largest absolute Gasteiger partial charge is 0.507 e. The number of benzene rings is 1. The average Bonchev–Trinajstić information content (AvgIpc) is 3.20. The lowest BCUT2D eigenvalue weighted by atomic mass is 10.1. The van der Waals surface area contributed by atoms with Gasteiger partial charge in [0.2, 0.25) is 0 Å². The van der Waals surface area contributed by atoms with E-state index >= 15 is 0 Å². The van der Waals surface area contributed by atoms with E-state index < -0.39 is 29.0 Å². The lowest BCUT2D eigenvalue weighted by molar-refractivity contribution is -0.144. The minimum Gasteiger partial charge on any atom is -0.507 e. The summed E-state index contributed by atoms with van der Waals surface area (Å²) < 4.78 is 18.5. The van der Waals surface area contributed by atoms with Gasteiger partial charge in [-0.1, -0.05) is 6.07 Å². The fourth-order valence-electron chi connectivity index (χ4n) is 1.97. The Morgan fingerprint density at radius 2 is 2.15 bits per heavy atom. The molecular weight excluding hydrogens is 265 g/mol. The first-order chi connectivity index (χ1) is 9.54. The van der Waals surface area contributed by atoms with Crippen LogP contribution in [-0.4, -0.2) is 41.1 Å². The highest BCUT2D eigenvalue weighted by molar-refractivity contribution is 5.98. The standard InChI is InChI=1S/C14H16FNO4/c1-2-20-12(18)8-16(9-6-7-9)14(19)13-10(15)4-3-5-11(13)17/h3-5,9,17H,2,6-8H2,1H3. The molecule has 0 heterocycles. The third-order valence-electron chi connectivity index (χ3n) is 3.06. The zero-order chi connectivity index (χ0) is 14.7. The number of phenols is 1. The highest BCUT2D eigenvalue weighted by Crippen LogP contribution is 2.30.